The average molecular weight is 367 g/mol. The van der Waals surface area contributed by atoms with Gasteiger partial charge in [-0.1, -0.05) is 40.4 Å². The van der Waals surface area contributed by atoms with Gasteiger partial charge in [-0.25, -0.2) is 12.7 Å². The zero-order valence-corrected chi connectivity index (χ0v) is 13.9. The number of halogens is 2. The van der Waals surface area contributed by atoms with Crippen LogP contribution in [0.15, 0.2) is 27.6 Å². The van der Waals surface area contributed by atoms with Crippen LogP contribution in [0.1, 0.15) is 25.7 Å². The Kier molecular flexibility index (Phi) is 4.93. The highest BCUT2D eigenvalue weighted by molar-refractivity contribution is 9.10. The number of rotatable bonds is 4. The van der Waals surface area contributed by atoms with Crippen molar-refractivity contribution in [2.45, 2.75) is 30.6 Å². The normalized spacial score (nSPS) is 17.3. The lowest BCUT2D eigenvalue weighted by Crippen LogP contribution is -2.31. The maximum Gasteiger partial charge on any atom is 0.244 e. The Bertz CT molecular complexity index is 556. The van der Waals surface area contributed by atoms with E-state index in [4.69, 9.17) is 11.6 Å². The highest BCUT2D eigenvalue weighted by Gasteiger charge is 2.27. The molecule has 1 aromatic rings. The molecule has 0 bridgehead atoms. The van der Waals surface area contributed by atoms with E-state index >= 15 is 0 Å². The minimum Gasteiger partial charge on any atom is -0.207 e. The summed E-state index contributed by atoms with van der Waals surface area (Å²) in [6.07, 6.45) is 4.65. The minimum absolute atomic E-state index is 0.179. The second-order valence-electron chi connectivity index (χ2n) is 5.01. The van der Waals surface area contributed by atoms with Crippen LogP contribution in [-0.4, -0.2) is 26.3 Å². The Balaban J connectivity index is 2.20. The maximum atomic E-state index is 12.5. The fourth-order valence-electron chi connectivity index (χ4n) is 2.51. The van der Waals surface area contributed by atoms with Gasteiger partial charge in [0.2, 0.25) is 10.0 Å². The Morgan fingerprint density at radius 1 is 1.37 bits per heavy atom. The lowest BCUT2D eigenvalue weighted by molar-refractivity contribution is 0.387. The van der Waals surface area contributed by atoms with Crippen LogP contribution in [0.4, 0.5) is 0 Å². The van der Waals surface area contributed by atoms with Gasteiger partial charge in [-0.2, -0.15) is 0 Å². The summed E-state index contributed by atoms with van der Waals surface area (Å²) >= 11 is 9.32. The van der Waals surface area contributed by atoms with E-state index in [-0.39, 0.29) is 9.92 Å². The fraction of sp³-hybridized carbons (Fsp3) is 0.538. The zero-order valence-electron chi connectivity index (χ0n) is 10.8. The molecule has 1 saturated carbocycles. The molecule has 0 unspecified atom stereocenters. The van der Waals surface area contributed by atoms with Gasteiger partial charge >= 0.3 is 0 Å². The Labute approximate surface area is 128 Å². The number of hydrogen-bond acceptors (Lipinski definition) is 2. The summed E-state index contributed by atoms with van der Waals surface area (Å²) < 4.78 is 27.2. The summed E-state index contributed by atoms with van der Waals surface area (Å²) in [6.45, 7) is 0.578. The van der Waals surface area contributed by atoms with Crippen molar-refractivity contribution < 1.29 is 8.42 Å². The van der Waals surface area contributed by atoms with Gasteiger partial charge in [0.1, 0.15) is 4.90 Å². The Morgan fingerprint density at radius 3 is 2.58 bits per heavy atom. The van der Waals surface area contributed by atoms with E-state index < -0.39 is 10.0 Å². The van der Waals surface area contributed by atoms with Crippen LogP contribution in [0.3, 0.4) is 0 Å². The minimum atomic E-state index is -3.49. The van der Waals surface area contributed by atoms with Crippen molar-refractivity contribution >= 4 is 37.6 Å². The van der Waals surface area contributed by atoms with Gasteiger partial charge in [-0.15, -0.1) is 0 Å². The molecule has 1 aromatic carbocycles. The van der Waals surface area contributed by atoms with Crippen molar-refractivity contribution in [3.8, 4) is 0 Å². The van der Waals surface area contributed by atoms with Crippen LogP contribution < -0.4 is 0 Å². The smallest absolute Gasteiger partial charge is 0.207 e. The van der Waals surface area contributed by atoms with Crippen molar-refractivity contribution in [2.24, 2.45) is 5.92 Å². The third-order valence-corrected chi connectivity index (χ3v) is 6.37. The molecule has 1 fully saturated rings. The summed E-state index contributed by atoms with van der Waals surface area (Å²) in [7, 11) is -1.86. The molecule has 0 aliphatic heterocycles. The molecule has 0 radical (unpaired) electrons. The number of sulfonamides is 1. The lowest BCUT2D eigenvalue weighted by atomic mass is 10.1. The maximum absolute atomic E-state index is 12.5. The van der Waals surface area contributed by atoms with E-state index in [0.717, 1.165) is 17.3 Å². The van der Waals surface area contributed by atoms with Gasteiger partial charge < -0.3 is 0 Å². The molecule has 6 heteroatoms. The van der Waals surface area contributed by atoms with Crippen LogP contribution in [-0.2, 0) is 10.0 Å². The predicted molar refractivity (Wildman–Crippen MR) is 80.9 cm³/mol. The van der Waals surface area contributed by atoms with Crippen LogP contribution in [0.25, 0.3) is 0 Å². The SMILES string of the molecule is CN(CC1CCCC1)S(=O)(=O)c1ccc(Br)cc1Cl. The molecule has 1 aliphatic rings. The number of hydrogen-bond donors (Lipinski definition) is 0. The van der Waals surface area contributed by atoms with Crippen molar-refractivity contribution in [3.63, 3.8) is 0 Å². The topological polar surface area (TPSA) is 37.4 Å². The second-order valence-corrected chi connectivity index (χ2v) is 8.35. The first-order valence-corrected chi connectivity index (χ1v) is 8.94. The first-order chi connectivity index (χ1) is 8.91. The Morgan fingerprint density at radius 2 is 2.00 bits per heavy atom. The molecule has 0 aromatic heterocycles. The zero-order chi connectivity index (χ0) is 14.0. The first-order valence-electron chi connectivity index (χ1n) is 6.32. The molecule has 19 heavy (non-hydrogen) atoms. The van der Waals surface area contributed by atoms with Crippen molar-refractivity contribution in [2.75, 3.05) is 13.6 Å². The van der Waals surface area contributed by atoms with Gasteiger partial charge in [0.05, 0.1) is 5.02 Å². The van der Waals surface area contributed by atoms with Gasteiger partial charge in [0.15, 0.2) is 0 Å². The van der Waals surface area contributed by atoms with Crippen LogP contribution >= 0.6 is 27.5 Å². The molecule has 0 N–H and O–H groups in total. The molecule has 0 saturated heterocycles. The van der Waals surface area contributed by atoms with E-state index in [1.54, 1.807) is 25.2 Å². The molecule has 0 amide bonds. The third-order valence-electron chi connectivity index (χ3n) is 3.57. The monoisotopic (exact) mass is 365 g/mol. The molecule has 0 spiro atoms. The van der Waals surface area contributed by atoms with Gasteiger partial charge in [-0.3, -0.25) is 0 Å². The summed E-state index contributed by atoms with van der Waals surface area (Å²) in [6, 6.07) is 4.85. The summed E-state index contributed by atoms with van der Waals surface area (Å²) in [5, 5.41) is 0.257. The van der Waals surface area contributed by atoms with Crippen molar-refractivity contribution in [1.29, 1.82) is 0 Å². The Hall–Kier alpha value is -0.100. The van der Waals surface area contributed by atoms with E-state index in [1.807, 2.05) is 0 Å². The summed E-state index contributed by atoms with van der Waals surface area (Å²) in [4.78, 5) is 0.179. The largest absolute Gasteiger partial charge is 0.244 e. The van der Waals surface area contributed by atoms with Gasteiger partial charge in [0.25, 0.3) is 0 Å². The van der Waals surface area contributed by atoms with Crippen LogP contribution in [0.5, 0.6) is 0 Å². The second kappa shape index (κ2) is 6.12. The number of nitrogens with zero attached hydrogens (tertiary/aromatic N) is 1. The first kappa shape index (κ1) is 15.3. The van der Waals surface area contributed by atoms with Crippen LogP contribution in [0, 0.1) is 5.92 Å². The average Bonchev–Trinajstić information content (AvgIpc) is 2.81. The highest BCUT2D eigenvalue weighted by atomic mass is 79.9. The summed E-state index contributed by atoms with van der Waals surface area (Å²) in [5.74, 6) is 0.481. The van der Waals surface area contributed by atoms with Gasteiger partial charge in [0, 0.05) is 18.1 Å². The van der Waals surface area contributed by atoms with Crippen molar-refractivity contribution in [3.05, 3.63) is 27.7 Å². The molecule has 0 heterocycles. The lowest BCUT2D eigenvalue weighted by Gasteiger charge is -2.21. The van der Waals surface area contributed by atoms with Crippen LogP contribution in [0.2, 0.25) is 5.02 Å². The molecule has 106 valence electrons. The fourth-order valence-corrected chi connectivity index (χ4v) is 4.76. The quantitative estimate of drug-likeness (QED) is 0.810. The molecule has 1 aliphatic carbocycles. The molecule has 0 atom stereocenters. The number of benzene rings is 1. The molecular formula is C13H17BrClNO2S. The molecule has 3 nitrogen and oxygen atoms in total. The molecule has 2 rings (SSSR count). The van der Waals surface area contributed by atoms with E-state index in [2.05, 4.69) is 15.9 Å². The van der Waals surface area contributed by atoms with E-state index in [1.165, 1.54) is 17.1 Å². The summed E-state index contributed by atoms with van der Waals surface area (Å²) in [5.41, 5.74) is 0. The van der Waals surface area contributed by atoms with Crippen molar-refractivity contribution in [1.82, 2.24) is 4.31 Å². The highest BCUT2D eigenvalue weighted by Crippen LogP contribution is 2.30. The molecular weight excluding hydrogens is 350 g/mol. The van der Waals surface area contributed by atoms with E-state index in [9.17, 15) is 8.42 Å². The van der Waals surface area contributed by atoms with Gasteiger partial charge in [-0.05, 0) is 37.0 Å². The standard InChI is InChI=1S/C13H17BrClNO2S/c1-16(9-10-4-2-3-5-10)19(17,18)13-7-6-11(14)8-12(13)15/h6-8,10H,2-5,9H2,1H3. The van der Waals surface area contributed by atoms with E-state index in [0.29, 0.717) is 12.5 Å². The third kappa shape index (κ3) is 3.51. The predicted octanol–water partition coefficient (Wildman–Crippen LogP) is 3.91.